The third-order valence-corrected chi connectivity index (χ3v) is 3.74. The maximum Gasteiger partial charge on any atom is 0.249 e. The zero-order chi connectivity index (χ0) is 18.2. The summed E-state index contributed by atoms with van der Waals surface area (Å²) in [5.74, 6) is 1.50. The minimum Gasteiger partial charge on any atom is -0.497 e. The number of pyridine rings is 1. The van der Waals surface area contributed by atoms with Crippen LogP contribution in [0.1, 0.15) is 18.1 Å². The lowest BCUT2D eigenvalue weighted by molar-refractivity contribution is -0.132. The molecule has 2 aromatic rings. The maximum atomic E-state index is 12.1. The zero-order valence-corrected chi connectivity index (χ0v) is 15.2. The molecule has 1 atom stereocenters. The fourth-order valence-electron chi connectivity index (χ4n) is 2.18. The van der Waals surface area contributed by atoms with Crippen molar-refractivity contribution < 1.29 is 14.3 Å². The Hall–Kier alpha value is -2.60. The molecule has 0 aliphatic heterocycles. The summed E-state index contributed by atoms with van der Waals surface area (Å²) < 4.78 is 10.8. The number of hydrogen-bond donors (Lipinski definition) is 1. The second-order valence-electron chi connectivity index (χ2n) is 5.94. The number of rotatable bonds is 8. The number of aromatic nitrogens is 1. The predicted molar refractivity (Wildman–Crippen MR) is 97.7 cm³/mol. The number of anilines is 1. The van der Waals surface area contributed by atoms with Crippen LogP contribution in [-0.2, 0) is 22.7 Å². The Balaban J connectivity index is 1.79. The van der Waals surface area contributed by atoms with Crippen molar-refractivity contribution in [2.75, 3.05) is 26.1 Å². The van der Waals surface area contributed by atoms with Crippen LogP contribution in [0.25, 0.3) is 0 Å². The van der Waals surface area contributed by atoms with Gasteiger partial charge in [-0.05, 0) is 36.2 Å². The largest absolute Gasteiger partial charge is 0.497 e. The molecule has 1 N–H and O–H groups in total. The van der Waals surface area contributed by atoms with Crippen molar-refractivity contribution in [3.05, 3.63) is 53.7 Å². The van der Waals surface area contributed by atoms with E-state index in [2.05, 4.69) is 10.3 Å². The molecule has 0 saturated carbocycles. The van der Waals surface area contributed by atoms with Crippen molar-refractivity contribution in [3.8, 4) is 5.75 Å². The molecule has 1 aromatic carbocycles. The Morgan fingerprint density at radius 2 is 2.04 bits per heavy atom. The van der Waals surface area contributed by atoms with Crippen LogP contribution in [0.3, 0.4) is 0 Å². The molecule has 1 heterocycles. The topological polar surface area (TPSA) is 63.7 Å². The molecule has 0 fully saturated rings. The molecule has 1 aromatic heterocycles. The van der Waals surface area contributed by atoms with Crippen molar-refractivity contribution in [2.24, 2.45) is 0 Å². The van der Waals surface area contributed by atoms with Gasteiger partial charge in [-0.2, -0.15) is 0 Å². The molecule has 6 nitrogen and oxygen atoms in total. The number of methoxy groups -OCH3 is 1. The van der Waals surface area contributed by atoms with Crippen molar-refractivity contribution in [3.63, 3.8) is 0 Å². The molecule has 0 saturated heterocycles. The van der Waals surface area contributed by atoms with Crippen LogP contribution >= 0.6 is 0 Å². The van der Waals surface area contributed by atoms with E-state index in [4.69, 9.17) is 9.47 Å². The normalized spacial score (nSPS) is 11.7. The highest BCUT2D eigenvalue weighted by Gasteiger charge is 2.13. The van der Waals surface area contributed by atoms with E-state index in [0.717, 1.165) is 22.7 Å². The number of ether oxygens (including phenoxy) is 2. The van der Waals surface area contributed by atoms with E-state index >= 15 is 0 Å². The Bertz CT molecular complexity index is 687. The molecule has 134 valence electrons. The summed E-state index contributed by atoms with van der Waals surface area (Å²) in [5, 5.41) is 2.86. The lowest BCUT2D eigenvalue weighted by Crippen LogP contribution is -2.34. The Morgan fingerprint density at radius 1 is 1.24 bits per heavy atom. The van der Waals surface area contributed by atoms with E-state index in [0.29, 0.717) is 13.2 Å². The number of nitrogens with zero attached hydrogens (tertiary/aromatic N) is 2. The van der Waals surface area contributed by atoms with Crippen LogP contribution in [0, 0.1) is 0 Å². The summed E-state index contributed by atoms with van der Waals surface area (Å²) in [6.07, 6.45) is 1.22. The van der Waals surface area contributed by atoms with Crippen LogP contribution in [-0.4, -0.2) is 38.2 Å². The van der Waals surface area contributed by atoms with E-state index < -0.39 is 6.10 Å². The van der Waals surface area contributed by atoms with E-state index in [9.17, 15) is 4.79 Å². The van der Waals surface area contributed by atoms with Crippen LogP contribution in [0.15, 0.2) is 42.6 Å². The van der Waals surface area contributed by atoms with Gasteiger partial charge in [-0.25, -0.2) is 4.98 Å². The summed E-state index contributed by atoms with van der Waals surface area (Å²) in [5.41, 5.74) is 1.90. The monoisotopic (exact) mass is 343 g/mol. The van der Waals surface area contributed by atoms with Crippen LogP contribution in [0.4, 0.5) is 5.82 Å². The van der Waals surface area contributed by atoms with Gasteiger partial charge in [0.25, 0.3) is 0 Å². The number of benzene rings is 1. The molecule has 0 bridgehead atoms. The summed E-state index contributed by atoms with van der Waals surface area (Å²) in [4.78, 5) is 18.4. The van der Waals surface area contributed by atoms with Gasteiger partial charge < -0.3 is 19.7 Å². The molecule has 0 spiro atoms. The zero-order valence-electron chi connectivity index (χ0n) is 15.2. The molecular formula is C19H25N3O3. The van der Waals surface area contributed by atoms with Gasteiger partial charge in [0, 0.05) is 26.8 Å². The predicted octanol–water partition coefficient (Wildman–Crippen LogP) is 2.38. The number of carbonyl (C=O) groups excluding carboxylic acids is 1. The summed E-state index contributed by atoms with van der Waals surface area (Å²) in [6, 6.07) is 11.5. The highest BCUT2D eigenvalue weighted by Crippen LogP contribution is 2.14. The second-order valence-corrected chi connectivity index (χ2v) is 5.94. The molecule has 0 aliphatic carbocycles. The third kappa shape index (κ3) is 5.76. The first-order valence-electron chi connectivity index (χ1n) is 8.14. The molecule has 0 aliphatic rings. The molecule has 25 heavy (non-hydrogen) atoms. The fraction of sp³-hybridized carbons (Fsp3) is 0.368. The summed E-state index contributed by atoms with van der Waals surface area (Å²) in [6.45, 7) is 2.51. The van der Waals surface area contributed by atoms with Gasteiger partial charge >= 0.3 is 0 Å². The lowest BCUT2D eigenvalue weighted by atomic mass is 10.2. The first kappa shape index (κ1) is 18.7. The maximum absolute atomic E-state index is 12.1. The first-order valence-corrected chi connectivity index (χ1v) is 8.14. The highest BCUT2D eigenvalue weighted by molar-refractivity contribution is 5.80. The van der Waals surface area contributed by atoms with Gasteiger partial charge in [0.05, 0.1) is 13.7 Å². The fourth-order valence-corrected chi connectivity index (χ4v) is 2.18. The van der Waals surface area contributed by atoms with Gasteiger partial charge in [-0.15, -0.1) is 0 Å². The molecule has 0 unspecified atom stereocenters. The number of carbonyl (C=O) groups is 1. The summed E-state index contributed by atoms with van der Waals surface area (Å²) in [7, 11) is 5.49. The first-order chi connectivity index (χ1) is 12.0. The SMILES string of the molecule is COc1cccc(CO[C@H](C)C(=O)NCc2ccc(N(C)C)nc2)c1. The van der Waals surface area contributed by atoms with Crippen molar-refractivity contribution >= 4 is 11.7 Å². The second kappa shape index (κ2) is 9.03. The van der Waals surface area contributed by atoms with Crippen molar-refractivity contribution in [1.29, 1.82) is 0 Å². The number of hydrogen-bond acceptors (Lipinski definition) is 5. The highest BCUT2D eigenvalue weighted by atomic mass is 16.5. The Kier molecular flexibility index (Phi) is 6.77. The average Bonchev–Trinajstić information content (AvgIpc) is 2.64. The smallest absolute Gasteiger partial charge is 0.249 e. The molecule has 0 radical (unpaired) electrons. The minimum atomic E-state index is -0.541. The van der Waals surface area contributed by atoms with E-state index in [1.54, 1.807) is 20.2 Å². The minimum absolute atomic E-state index is 0.153. The van der Waals surface area contributed by atoms with Crippen LogP contribution in [0.5, 0.6) is 5.75 Å². The molecule has 1 amide bonds. The van der Waals surface area contributed by atoms with E-state index in [1.807, 2.05) is 55.4 Å². The van der Waals surface area contributed by atoms with Gasteiger partial charge in [-0.1, -0.05) is 18.2 Å². The van der Waals surface area contributed by atoms with E-state index in [1.165, 1.54) is 0 Å². The summed E-state index contributed by atoms with van der Waals surface area (Å²) >= 11 is 0. The molecule has 2 rings (SSSR count). The van der Waals surface area contributed by atoms with Gasteiger partial charge in [0.2, 0.25) is 5.91 Å². The number of nitrogens with one attached hydrogen (secondary N) is 1. The van der Waals surface area contributed by atoms with Crippen LogP contribution < -0.4 is 15.0 Å². The van der Waals surface area contributed by atoms with Crippen LogP contribution in [0.2, 0.25) is 0 Å². The lowest BCUT2D eigenvalue weighted by Gasteiger charge is -2.14. The van der Waals surface area contributed by atoms with Crippen molar-refractivity contribution in [2.45, 2.75) is 26.2 Å². The quantitative estimate of drug-likeness (QED) is 0.797. The standard InChI is InChI=1S/C19H25N3O3/c1-14(25-13-15-6-5-7-17(10-15)24-4)19(23)21-12-16-8-9-18(20-11-16)22(2)3/h5-11,14H,12-13H2,1-4H3,(H,21,23)/t14-/m1/s1. The Morgan fingerprint density at radius 3 is 2.68 bits per heavy atom. The number of amides is 1. The molecule has 6 heteroatoms. The third-order valence-electron chi connectivity index (χ3n) is 3.74. The van der Waals surface area contributed by atoms with Gasteiger partial charge in [0.1, 0.15) is 17.7 Å². The Labute approximate surface area is 148 Å². The molecular weight excluding hydrogens is 318 g/mol. The van der Waals surface area contributed by atoms with E-state index in [-0.39, 0.29) is 5.91 Å². The van der Waals surface area contributed by atoms with Gasteiger partial charge in [0.15, 0.2) is 0 Å². The van der Waals surface area contributed by atoms with Crippen molar-refractivity contribution in [1.82, 2.24) is 10.3 Å². The van der Waals surface area contributed by atoms with Gasteiger partial charge in [-0.3, -0.25) is 4.79 Å². The average molecular weight is 343 g/mol.